The third-order valence-electron chi connectivity index (χ3n) is 3.73. The molecule has 0 aliphatic rings. The average molecular weight is 373 g/mol. The minimum atomic E-state index is -0.366. The van der Waals surface area contributed by atoms with Crippen LogP contribution < -0.4 is 9.47 Å². The molecule has 0 radical (unpaired) electrons. The van der Waals surface area contributed by atoms with Crippen molar-refractivity contribution in [2.75, 3.05) is 19.8 Å². The number of hydrogen-bond donors (Lipinski definition) is 0. The zero-order chi connectivity index (χ0) is 20.1. The molecule has 0 heterocycles. The topological polar surface area (TPSA) is 44.8 Å². The highest BCUT2D eigenvalue weighted by atomic mass is 16.5. The summed E-state index contributed by atoms with van der Waals surface area (Å²) in [5.41, 5.74) is 3.39. The molecule has 1 rings (SSSR count). The van der Waals surface area contributed by atoms with Gasteiger partial charge in [0.15, 0.2) is 11.5 Å². The van der Waals surface area contributed by atoms with Gasteiger partial charge in [0.1, 0.15) is 6.61 Å². The summed E-state index contributed by atoms with van der Waals surface area (Å²) in [6.45, 7) is 11.5. The fourth-order valence-electron chi connectivity index (χ4n) is 2.34. The van der Waals surface area contributed by atoms with Gasteiger partial charge in [-0.2, -0.15) is 0 Å². The summed E-state index contributed by atoms with van der Waals surface area (Å²) in [4.78, 5) is 11.9. The first-order valence-corrected chi connectivity index (χ1v) is 9.49. The van der Waals surface area contributed by atoms with E-state index in [0.29, 0.717) is 24.7 Å². The quantitative estimate of drug-likeness (QED) is 0.282. The molecule has 0 aliphatic carbocycles. The number of allylic oxidation sites excluding steroid dienone is 3. The van der Waals surface area contributed by atoms with Gasteiger partial charge in [-0.1, -0.05) is 23.3 Å². The Bertz CT molecular complexity index is 680. The minimum absolute atomic E-state index is 0.289. The second-order valence-corrected chi connectivity index (χ2v) is 6.41. The van der Waals surface area contributed by atoms with Crippen molar-refractivity contribution < 1.29 is 19.0 Å². The third kappa shape index (κ3) is 9.69. The molecule has 1 aromatic carbocycles. The summed E-state index contributed by atoms with van der Waals surface area (Å²) in [5, 5.41) is 0. The number of ether oxygens (including phenoxy) is 3. The van der Waals surface area contributed by atoms with Crippen LogP contribution in [-0.4, -0.2) is 25.8 Å². The smallest absolute Gasteiger partial charge is 0.331 e. The lowest BCUT2D eigenvalue weighted by molar-refractivity contribution is -0.136. The Morgan fingerprint density at radius 1 is 1.00 bits per heavy atom. The Hall–Kier alpha value is -2.49. The van der Waals surface area contributed by atoms with Crippen molar-refractivity contribution in [1.82, 2.24) is 0 Å². The molecule has 27 heavy (non-hydrogen) atoms. The Balaban J connectivity index is 2.55. The van der Waals surface area contributed by atoms with Crippen LogP contribution in [0.15, 0.2) is 47.6 Å². The van der Waals surface area contributed by atoms with Crippen LogP contribution >= 0.6 is 0 Å². The van der Waals surface area contributed by atoms with Crippen molar-refractivity contribution in [3.63, 3.8) is 0 Å². The van der Waals surface area contributed by atoms with E-state index in [9.17, 15) is 4.79 Å². The number of benzene rings is 1. The first-order valence-electron chi connectivity index (χ1n) is 9.49. The predicted octanol–water partition coefficient (Wildman–Crippen LogP) is 5.73. The van der Waals surface area contributed by atoms with Crippen molar-refractivity contribution in [3.05, 3.63) is 53.1 Å². The molecule has 0 N–H and O–H groups in total. The molecule has 0 bridgehead atoms. The number of carbonyl (C=O) groups excluding carboxylic acids is 1. The maximum Gasteiger partial charge on any atom is 0.331 e. The van der Waals surface area contributed by atoms with Crippen LogP contribution in [0.1, 0.15) is 53.0 Å². The molecule has 0 saturated heterocycles. The van der Waals surface area contributed by atoms with Crippen LogP contribution in [0.2, 0.25) is 0 Å². The molecular formula is C23H32O4. The van der Waals surface area contributed by atoms with E-state index in [2.05, 4.69) is 26.8 Å². The van der Waals surface area contributed by atoms with Gasteiger partial charge >= 0.3 is 5.97 Å². The van der Waals surface area contributed by atoms with Gasteiger partial charge in [-0.3, -0.25) is 0 Å². The van der Waals surface area contributed by atoms with E-state index in [0.717, 1.165) is 18.4 Å². The Labute approximate surface area is 163 Å². The lowest BCUT2D eigenvalue weighted by Crippen LogP contribution is -2.01. The number of hydrogen-bond acceptors (Lipinski definition) is 4. The molecule has 0 spiro atoms. The number of esters is 1. The zero-order valence-corrected chi connectivity index (χ0v) is 17.2. The van der Waals surface area contributed by atoms with E-state index in [1.807, 2.05) is 38.1 Å². The fourth-order valence-corrected chi connectivity index (χ4v) is 2.34. The van der Waals surface area contributed by atoms with Crippen molar-refractivity contribution >= 4 is 12.0 Å². The second kappa shape index (κ2) is 12.8. The molecule has 4 nitrogen and oxygen atoms in total. The monoisotopic (exact) mass is 372 g/mol. The van der Waals surface area contributed by atoms with Gasteiger partial charge in [0.25, 0.3) is 0 Å². The summed E-state index contributed by atoms with van der Waals surface area (Å²) in [6, 6.07) is 5.58. The highest BCUT2D eigenvalue weighted by Gasteiger charge is 2.05. The summed E-state index contributed by atoms with van der Waals surface area (Å²) in [6.07, 6.45) is 9.29. The minimum Gasteiger partial charge on any atom is -0.490 e. The maximum absolute atomic E-state index is 11.9. The van der Waals surface area contributed by atoms with Crippen LogP contribution in [0.25, 0.3) is 6.08 Å². The second-order valence-electron chi connectivity index (χ2n) is 6.41. The van der Waals surface area contributed by atoms with Crippen LogP contribution in [0.3, 0.4) is 0 Å². The SMILES string of the molecule is CCOc1ccc(C=CC(=O)OCC=C(C)CCC=C(C)C)cc1OCC. The molecule has 0 amide bonds. The van der Waals surface area contributed by atoms with Crippen molar-refractivity contribution in [2.45, 2.75) is 47.5 Å². The van der Waals surface area contributed by atoms with Gasteiger partial charge in [-0.15, -0.1) is 0 Å². The third-order valence-corrected chi connectivity index (χ3v) is 3.73. The first kappa shape index (κ1) is 22.6. The molecule has 4 heteroatoms. The first-order chi connectivity index (χ1) is 13.0. The standard InChI is InChI=1S/C23H32O4/c1-6-25-21-13-11-20(17-22(21)26-7-2)12-14-23(24)27-16-15-19(5)10-8-9-18(3)4/h9,11-15,17H,6-8,10,16H2,1-5H3. The van der Waals surface area contributed by atoms with E-state index in [1.165, 1.54) is 17.2 Å². The van der Waals surface area contributed by atoms with E-state index in [-0.39, 0.29) is 12.6 Å². The summed E-state index contributed by atoms with van der Waals surface area (Å²) in [5.74, 6) is 1.01. The van der Waals surface area contributed by atoms with Crippen molar-refractivity contribution in [2.24, 2.45) is 0 Å². The van der Waals surface area contributed by atoms with Crippen LogP contribution in [0.4, 0.5) is 0 Å². The molecular weight excluding hydrogens is 340 g/mol. The largest absolute Gasteiger partial charge is 0.490 e. The van der Waals surface area contributed by atoms with E-state index < -0.39 is 0 Å². The molecule has 1 aromatic rings. The van der Waals surface area contributed by atoms with Gasteiger partial charge in [-0.05, 0) is 77.3 Å². The van der Waals surface area contributed by atoms with Crippen molar-refractivity contribution in [3.8, 4) is 11.5 Å². The average Bonchev–Trinajstić information content (AvgIpc) is 2.62. The van der Waals surface area contributed by atoms with Gasteiger partial charge in [0.05, 0.1) is 13.2 Å². The van der Waals surface area contributed by atoms with Gasteiger partial charge in [0, 0.05) is 6.08 Å². The van der Waals surface area contributed by atoms with Crippen LogP contribution in [-0.2, 0) is 9.53 Å². The molecule has 148 valence electrons. The molecule has 0 fully saturated rings. The van der Waals surface area contributed by atoms with E-state index >= 15 is 0 Å². The van der Waals surface area contributed by atoms with Gasteiger partial charge in [0.2, 0.25) is 0 Å². The van der Waals surface area contributed by atoms with Crippen molar-refractivity contribution in [1.29, 1.82) is 0 Å². The highest BCUT2D eigenvalue weighted by Crippen LogP contribution is 2.29. The Morgan fingerprint density at radius 2 is 1.70 bits per heavy atom. The Morgan fingerprint density at radius 3 is 2.37 bits per heavy atom. The fraction of sp³-hybridized carbons (Fsp3) is 0.435. The van der Waals surface area contributed by atoms with Crippen LogP contribution in [0, 0.1) is 0 Å². The Kier molecular flexibility index (Phi) is 10.7. The molecule has 0 atom stereocenters. The molecule has 0 aromatic heterocycles. The highest BCUT2D eigenvalue weighted by molar-refractivity contribution is 5.87. The maximum atomic E-state index is 11.9. The number of carbonyl (C=O) groups is 1. The summed E-state index contributed by atoms with van der Waals surface area (Å²) >= 11 is 0. The normalized spacial score (nSPS) is 11.4. The molecule has 0 unspecified atom stereocenters. The van der Waals surface area contributed by atoms with Crippen LogP contribution in [0.5, 0.6) is 11.5 Å². The van der Waals surface area contributed by atoms with Gasteiger partial charge in [-0.25, -0.2) is 4.79 Å². The van der Waals surface area contributed by atoms with E-state index in [4.69, 9.17) is 14.2 Å². The van der Waals surface area contributed by atoms with E-state index in [1.54, 1.807) is 6.08 Å². The molecule has 0 aliphatic heterocycles. The lowest BCUT2D eigenvalue weighted by atomic mass is 10.1. The molecule has 0 saturated carbocycles. The van der Waals surface area contributed by atoms with Gasteiger partial charge < -0.3 is 14.2 Å². The zero-order valence-electron chi connectivity index (χ0n) is 17.2. The lowest BCUT2D eigenvalue weighted by Gasteiger charge is -2.11. The summed E-state index contributed by atoms with van der Waals surface area (Å²) < 4.78 is 16.4. The number of rotatable bonds is 11. The summed E-state index contributed by atoms with van der Waals surface area (Å²) in [7, 11) is 0. The predicted molar refractivity (Wildman–Crippen MR) is 111 cm³/mol.